The molecule has 0 aliphatic carbocycles. The molecule has 3 aliphatic heterocycles. The summed E-state index contributed by atoms with van der Waals surface area (Å²) in [6.45, 7) is 7.01. The van der Waals surface area contributed by atoms with Crippen molar-refractivity contribution in [2.24, 2.45) is 5.92 Å². The van der Waals surface area contributed by atoms with Gasteiger partial charge in [0.25, 0.3) is 0 Å². The van der Waals surface area contributed by atoms with Gasteiger partial charge < -0.3 is 9.22 Å². The molecule has 4 rings (SSSR count). The van der Waals surface area contributed by atoms with E-state index in [1.54, 1.807) is 7.11 Å². The maximum absolute atomic E-state index is 12.7. The fraction of sp³-hybridized carbons (Fsp3) is 0.667. The van der Waals surface area contributed by atoms with Crippen LogP contribution in [-0.4, -0.2) is 42.7 Å². The van der Waals surface area contributed by atoms with Gasteiger partial charge in [-0.25, -0.2) is 0 Å². The Labute approximate surface area is 145 Å². The molecule has 1 aromatic carbocycles. The molecule has 3 fully saturated rings. The number of ether oxygens (including phenoxy) is 1. The van der Waals surface area contributed by atoms with Crippen LogP contribution in [0.1, 0.15) is 62.5 Å². The summed E-state index contributed by atoms with van der Waals surface area (Å²) >= 11 is 0. The van der Waals surface area contributed by atoms with Crippen molar-refractivity contribution in [3.8, 4) is 0 Å². The molecule has 1 spiro atoms. The van der Waals surface area contributed by atoms with Gasteiger partial charge in [-0.2, -0.15) is 0 Å². The number of piperidine rings is 1. The van der Waals surface area contributed by atoms with Crippen molar-refractivity contribution in [3.05, 3.63) is 35.4 Å². The zero-order valence-corrected chi connectivity index (χ0v) is 15.2. The van der Waals surface area contributed by atoms with Gasteiger partial charge in [-0.3, -0.25) is 4.79 Å². The molecular weight excluding hydrogens is 298 g/mol. The molecule has 0 radical (unpaired) electrons. The van der Waals surface area contributed by atoms with E-state index >= 15 is 0 Å². The average molecular weight is 328 g/mol. The first kappa shape index (κ1) is 16.1. The molecule has 3 heterocycles. The van der Waals surface area contributed by atoms with Gasteiger partial charge in [-0.05, 0) is 17.0 Å². The zero-order valence-electron chi connectivity index (χ0n) is 15.2. The Morgan fingerprint density at radius 3 is 2.42 bits per heavy atom. The Bertz CT molecular complexity index is 617. The average Bonchev–Trinajstić information content (AvgIpc) is 2.82. The van der Waals surface area contributed by atoms with E-state index in [2.05, 4.69) is 38.1 Å². The van der Waals surface area contributed by atoms with Crippen molar-refractivity contribution in [2.45, 2.75) is 63.5 Å². The predicted octanol–water partition coefficient (Wildman–Crippen LogP) is 3.84. The van der Waals surface area contributed by atoms with Crippen molar-refractivity contribution in [2.75, 3.05) is 20.2 Å². The van der Waals surface area contributed by atoms with Crippen LogP contribution in [0.25, 0.3) is 0 Å². The van der Waals surface area contributed by atoms with Crippen molar-refractivity contribution < 1.29 is 14.0 Å². The van der Waals surface area contributed by atoms with E-state index in [1.807, 2.05) is 0 Å². The third-order valence-corrected chi connectivity index (χ3v) is 7.21. The van der Waals surface area contributed by atoms with E-state index in [1.165, 1.54) is 48.0 Å². The van der Waals surface area contributed by atoms with Gasteiger partial charge in [0.15, 0.2) is 0 Å². The number of nitrogens with zero attached hydrogens (tertiary/aromatic N) is 1. The van der Waals surface area contributed by atoms with Gasteiger partial charge in [0, 0.05) is 31.6 Å². The number of quaternary nitrogens is 1. The van der Waals surface area contributed by atoms with Crippen molar-refractivity contribution in [1.29, 1.82) is 0 Å². The summed E-state index contributed by atoms with van der Waals surface area (Å²) in [7, 11) is 1.56. The van der Waals surface area contributed by atoms with Crippen LogP contribution in [0.15, 0.2) is 24.3 Å². The second-order valence-corrected chi connectivity index (χ2v) is 8.41. The molecular formula is C21H30NO2+. The van der Waals surface area contributed by atoms with Crippen LogP contribution in [0.2, 0.25) is 0 Å². The lowest BCUT2D eigenvalue weighted by Crippen LogP contribution is -2.70. The molecule has 1 aromatic rings. The molecule has 4 atom stereocenters. The normalized spacial score (nSPS) is 33.5. The topological polar surface area (TPSA) is 26.3 Å². The van der Waals surface area contributed by atoms with Gasteiger partial charge in [0.05, 0.1) is 26.2 Å². The number of hydrogen-bond acceptors (Lipinski definition) is 2. The minimum atomic E-state index is 0.0164. The van der Waals surface area contributed by atoms with E-state index in [0.29, 0.717) is 17.9 Å². The molecule has 24 heavy (non-hydrogen) atoms. The van der Waals surface area contributed by atoms with Crippen molar-refractivity contribution >= 4 is 5.97 Å². The quantitative estimate of drug-likeness (QED) is 0.622. The minimum Gasteiger partial charge on any atom is -0.469 e. The van der Waals surface area contributed by atoms with Crippen LogP contribution in [0.3, 0.4) is 0 Å². The third kappa shape index (κ3) is 2.24. The standard InChI is InChI=1S/C21H30NO2/c1-14(2)15-5-7-16(8-6-15)18-13-17-9-10-19(20(18)21(23)24-3)22(17)11-4-12-22/h5-8,14,17-20H,4,9-13H2,1-3H3/q+1. The van der Waals surface area contributed by atoms with E-state index in [0.717, 1.165) is 12.5 Å². The summed E-state index contributed by atoms with van der Waals surface area (Å²) in [5, 5.41) is 0. The van der Waals surface area contributed by atoms with E-state index < -0.39 is 0 Å². The monoisotopic (exact) mass is 328 g/mol. The number of esters is 1. The highest BCUT2D eigenvalue weighted by atomic mass is 16.5. The molecule has 0 amide bonds. The van der Waals surface area contributed by atoms with Crippen LogP contribution in [0, 0.1) is 5.92 Å². The summed E-state index contributed by atoms with van der Waals surface area (Å²) in [5.74, 6) is 0.940. The van der Waals surface area contributed by atoms with E-state index in [-0.39, 0.29) is 11.9 Å². The number of benzene rings is 1. The summed E-state index contributed by atoms with van der Waals surface area (Å²) in [6.07, 6.45) is 4.97. The molecule has 130 valence electrons. The Hall–Kier alpha value is -1.35. The largest absolute Gasteiger partial charge is 0.469 e. The summed E-state index contributed by atoms with van der Waals surface area (Å²) in [6, 6.07) is 10.3. The highest BCUT2D eigenvalue weighted by molar-refractivity contribution is 5.74. The number of rotatable bonds is 3. The van der Waals surface area contributed by atoms with Gasteiger partial charge in [0.2, 0.25) is 0 Å². The SMILES string of the molecule is COC(=O)C1C(c2ccc(C(C)C)cc2)CC2CCC1[N+]21CCC1. The lowest BCUT2D eigenvalue weighted by molar-refractivity contribution is -1.00. The van der Waals surface area contributed by atoms with Gasteiger partial charge in [0.1, 0.15) is 12.0 Å². The molecule has 2 bridgehead atoms. The number of hydrogen-bond donors (Lipinski definition) is 0. The first-order valence-electron chi connectivity index (χ1n) is 9.61. The van der Waals surface area contributed by atoms with Crippen LogP contribution in [-0.2, 0) is 9.53 Å². The van der Waals surface area contributed by atoms with Crippen molar-refractivity contribution in [1.82, 2.24) is 0 Å². The smallest absolute Gasteiger partial charge is 0.315 e. The molecule has 3 heteroatoms. The second-order valence-electron chi connectivity index (χ2n) is 8.41. The lowest BCUT2D eigenvalue weighted by Gasteiger charge is -2.57. The fourth-order valence-corrected chi connectivity index (χ4v) is 5.83. The minimum absolute atomic E-state index is 0.0164. The molecule has 3 nitrogen and oxygen atoms in total. The van der Waals surface area contributed by atoms with Gasteiger partial charge in [-0.15, -0.1) is 0 Å². The van der Waals surface area contributed by atoms with Crippen LogP contribution >= 0.6 is 0 Å². The Kier molecular flexibility index (Phi) is 3.95. The van der Waals surface area contributed by atoms with Crippen LogP contribution in [0.5, 0.6) is 0 Å². The van der Waals surface area contributed by atoms with E-state index in [4.69, 9.17) is 4.74 Å². The van der Waals surface area contributed by atoms with Crippen molar-refractivity contribution in [3.63, 3.8) is 0 Å². The Morgan fingerprint density at radius 1 is 1.17 bits per heavy atom. The first-order valence-corrected chi connectivity index (χ1v) is 9.61. The molecule has 3 aliphatic rings. The lowest BCUT2D eigenvalue weighted by atomic mass is 9.73. The number of methoxy groups -OCH3 is 1. The Balaban J connectivity index is 1.68. The fourth-order valence-electron chi connectivity index (χ4n) is 5.83. The maximum Gasteiger partial charge on any atom is 0.315 e. The molecule has 0 saturated carbocycles. The highest BCUT2D eigenvalue weighted by Crippen LogP contribution is 2.54. The van der Waals surface area contributed by atoms with E-state index in [9.17, 15) is 4.79 Å². The molecule has 0 N–H and O–H groups in total. The zero-order chi connectivity index (χ0) is 16.9. The summed E-state index contributed by atoms with van der Waals surface area (Å²) < 4.78 is 6.49. The summed E-state index contributed by atoms with van der Waals surface area (Å²) in [5.41, 5.74) is 2.71. The van der Waals surface area contributed by atoms with Crippen LogP contribution < -0.4 is 0 Å². The predicted molar refractivity (Wildman–Crippen MR) is 94.8 cm³/mol. The summed E-state index contributed by atoms with van der Waals surface area (Å²) in [4.78, 5) is 12.7. The molecule has 4 unspecified atom stereocenters. The maximum atomic E-state index is 12.7. The number of carbonyl (C=O) groups is 1. The Morgan fingerprint density at radius 2 is 1.88 bits per heavy atom. The molecule has 3 saturated heterocycles. The first-order chi connectivity index (χ1) is 11.6. The second kappa shape index (κ2) is 5.87. The van der Waals surface area contributed by atoms with Gasteiger partial charge in [-0.1, -0.05) is 38.1 Å². The van der Waals surface area contributed by atoms with Gasteiger partial charge >= 0.3 is 5.97 Å². The van der Waals surface area contributed by atoms with Crippen LogP contribution in [0.4, 0.5) is 0 Å². The number of carbonyl (C=O) groups excluding carboxylic acids is 1. The third-order valence-electron chi connectivity index (χ3n) is 7.21. The highest BCUT2D eigenvalue weighted by Gasteiger charge is 2.63. The molecule has 0 aromatic heterocycles.